The third kappa shape index (κ3) is 10.2. The van der Waals surface area contributed by atoms with Gasteiger partial charge in [-0.15, -0.1) is 0 Å². The summed E-state index contributed by atoms with van der Waals surface area (Å²) in [5, 5.41) is 71.6. The molecule has 1 aromatic carbocycles. The van der Waals surface area contributed by atoms with Crippen molar-refractivity contribution >= 4 is 91.2 Å². The van der Waals surface area contributed by atoms with Crippen molar-refractivity contribution in [1.82, 2.24) is 10.6 Å². The summed E-state index contributed by atoms with van der Waals surface area (Å²) < 4.78 is 0.840. The van der Waals surface area contributed by atoms with Crippen LogP contribution in [0.5, 0.6) is 0 Å². The van der Waals surface area contributed by atoms with Gasteiger partial charge in [-0.1, -0.05) is 0 Å². The summed E-state index contributed by atoms with van der Waals surface area (Å²) in [5.41, 5.74) is 0.278. The van der Waals surface area contributed by atoms with Crippen LogP contribution in [0.1, 0.15) is 40.5 Å². The van der Waals surface area contributed by atoms with E-state index in [2.05, 4.69) is 10.6 Å². The lowest BCUT2D eigenvalue weighted by Crippen LogP contribution is -2.39. The van der Waals surface area contributed by atoms with Crippen LogP contribution in [0.25, 0.3) is 0 Å². The van der Waals surface area contributed by atoms with Crippen molar-refractivity contribution < 1.29 is 50.1 Å². The molecule has 0 saturated heterocycles. The molecular formula is C22H32I3N3O10. The molecule has 16 heteroatoms. The highest BCUT2D eigenvalue weighted by Crippen LogP contribution is 2.38. The number of carbonyl (C=O) groups excluding carboxylic acids is 3. The molecule has 4 atom stereocenters. The lowest BCUT2D eigenvalue weighted by atomic mass is 10.1. The van der Waals surface area contributed by atoms with E-state index in [0.29, 0.717) is 7.14 Å². The highest BCUT2D eigenvalue weighted by Gasteiger charge is 2.31. The minimum Gasteiger partial charge on any atom is -0.395 e. The van der Waals surface area contributed by atoms with Crippen LogP contribution < -0.4 is 15.5 Å². The maximum absolute atomic E-state index is 13.2. The fraction of sp³-hybridized carbons (Fsp3) is 0.591. The zero-order chi connectivity index (χ0) is 29.2. The fourth-order valence-corrected chi connectivity index (χ4v) is 8.08. The van der Waals surface area contributed by atoms with Gasteiger partial charge in [-0.2, -0.15) is 0 Å². The standard InChI is InChI=1S/C22H32I3N3O10/c1-10(32)28(2-3-29)20-18(24)15(21(37)26-6-11(33)4-13(35)8-30)17(23)16(19(20)25)22(38)27-7-12(34)5-14(36)9-31/h11-14,29-31,33-36H,2-9H2,1H3,(H,26,37)(H,27,38). The summed E-state index contributed by atoms with van der Waals surface area (Å²) in [4.78, 5) is 40.1. The molecule has 216 valence electrons. The van der Waals surface area contributed by atoms with Gasteiger partial charge in [0.25, 0.3) is 11.8 Å². The van der Waals surface area contributed by atoms with E-state index in [-0.39, 0.29) is 59.5 Å². The molecule has 13 nitrogen and oxygen atoms in total. The Morgan fingerprint density at radius 2 is 1.13 bits per heavy atom. The summed E-state index contributed by atoms with van der Waals surface area (Å²) >= 11 is 5.54. The zero-order valence-corrected chi connectivity index (χ0v) is 26.9. The molecule has 0 saturated carbocycles. The minimum atomic E-state index is -1.17. The molecule has 0 heterocycles. The molecule has 1 aromatic rings. The first-order valence-electron chi connectivity index (χ1n) is 11.4. The monoisotopic (exact) mass is 879 g/mol. The summed E-state index contributed by atoms with van der Waals surface area (Å²) in [5.74, 6) is -1.81. The van der Waals surface area contributed by atoms with E-state index in [1.165, 1.54) is 11.8 Å². The lowest BCUT2D eigenvalue weighted by molar-refractivity contribution is -0.116. The van der Waals surface area contributed by atoms with Crippen molar-refractivity contribution in [2.45, 2.75) is 44.2 Å². The molecule has 1 rings (SSSR count). The number of anilines is 1. The van der Waals surface area contributed by atoms with Gasteiger partial charge < -0.3 is 51.3 Å². The molecule has 38 heavy (non-hydrogen) atoms. The summed E-state index contributed by atoms with van der Waals surface area (Å²) in [7, 11) is 0. The predicted octanol–water partition coefficient (Wildman–Crippen LogP) is -1.49. The number of halogens is 3. The molecule has 3 amide bonds. The Morgan fingerprint density at radius 1 is 0.737 bits per heavy atom. The number of hydrogen-bond donors (Lipinski definition) is 9. The first kappa shape index (κ1) is 35.6. The number of amides is 3. The summed E-state index contributed by atoms with van der Waals surface area (Å²) in [6, 6.07) is 0. The third-order valence-corrected chi connectivity index (χ3v) is 8.41. The molecule has 0 fully saturated rings. The lowest BCUT2D eigenvalue weighted by Gasteiger charge is -2.27. The van der Waals surface area contributed by atoms with Gasteiger partial charge in [0.05, 0.1) is 68.2 Å². The average molecular weight is 879 g/mol. The summed E-state index contributed by atoms with van der Waals surface area (Å²) in [6.07, 6.45) is -5.03. The Balaban J connectivity index is 3.49. The molecule has 4 unspecified atom stereocenters. The molecule has 9 N–H and O–H groups in total. The van der Waals surface area contributed by atoms with E-state index < -0.39 is 55.4 Å². The maximum Gasteiger partial charge on any atom is 0.253 e. The number of hydrogen-bond acceptors (Lipinski definition) is 10. The van der Waals surface area contributed by atoms with E-state index >= 15 is 0 Å². The zero-order valence-electron chi connectivity index (χ0n) is 20.4. The SMILES string of the molecule is CC(=O)N(CCO)c1c(I)c(C(=O)NCC(O)CC(O)CO)c(I)c(C(=O)NCC(O)CC(O)CO)c1I. The van der Waals surface area contributed by atoms with E-state index in [1.54, 1.807) is 0 Å². The van der Waals surface area contributed by atoms with Gasteiger partial charge in [-0.3, -0.25) is 14.4 Å². The fourth-order valence-electron chi connectivity index (χ4n) is 3.35. The molecule has 0 spiro atoms. The van der Waals surface area contributed by atoms with Crippen LogP contribution in [0.15, 0.2) is 0 Å². The van der Waals surface area contributed by atoms with Crippen LogP contribution in [0, 0.1) is 10.7 Å². The second-order valence-electron chi connectivity index (χ2n) is 8.31. The third-order valence-electron chi connectivity index (χ3n) is 5.23. The highest BCUT2D eigenvalue weighted by atomic mass is 127. The van der Waals surface area contributed by atoms with Crippen molar-refractivity contribution in [2.24, 2.45) is 0 Å². The van der Waals surface area contributed by atoms with E-state index in [9.17, 15) is 39.9 Å². The first-order chi connectivity index (χ1) is 17.8. The molecule has 0 aliphatic heterocycles. The smallest absolute Gasteiger partial charge is 0.253 e. The van der Waals surface area contributed by atoms with E-state index in [1.807, 2.05) is 67.8 Å². The van der Waals surface area contributed by atoms with Crippen LogP contribution in [-0.4, -0.2) is 117 Å². The quantitative estimate of drug-likeness (QED) is 0.0931. The van der Waals surface area contributed by atoms with Gasteiger partial charge in [0.2, 0.25) is 5.91 Å². The Labute approximate surface area is 260 Å². The summed E-state index contributed by atoms with van der Waals surface area (Å²) in [6.45, 7) is -0.878. The molecule has 0 aromatic heterocycles. The number of aliphatic hydroxyl groups excluding tert-OH is 7. The number of nitrogens with zero attached hydrogens (tertiary/aromatic N) is 1. The van der Waals surface area contributed by atoms with Gasteiger partial charge in [0.15, 0.2) is 0 Å². The highest BCUT2D eigenvalue weighted by molar-refractivity contribution is 14.1. The first-order valence-corrected chi connectivity index (χ1v) is 14.6. The van der Waals surface area contributed by atoms with Crippen LogP contribution in [0.4, 0.5) is 5.69 Å². The average Bonchev–Trinajstić information content (AvgIpc) is 2.85. The van der Waals surface area contributed by atoms with Crippen LogP contribution >= 0.6 is 67.8 Å². The maximum atomic E-state index is 13.2. The van der Waals surface area contributed by atoms with Crippen molar-refractivity contribution in [3.8, 4) is 0 Å². The van der Waals surface area contributed by atoms with E-state index in [4.69, 9.17) is 10.2 Å². The molecular weight excluding hydrogens is 847 g/mol. The molecule has 0 radical (unpaired) electrons. The Kier molecular flexibility index (Phi) is 16.3. The topological polar surface area (TPSA) is 220 Å². The Hall–Kier alpha value is -0.460. The number of nitrogens with one attached hydrogen (secondary N) is 2. The Morgan fingerprint density at radius 3 is 1.45 bits per heavy atom. The van der Waals surface area contributed by atoms with Crippen molar-refractivity contribution in [3.63, 3.8) is 0 Å². The van der Waals surface area contributed by atoms with Gasteiger partial charge in [0, 0.05) is 43.0 Å². The number of carbonyl (C=O) groups is 3. The minimum absolute atomic E-state index is 0.0297. The predicted molar refractivity (Wildman–Crippen MR) is 162 cm³/mol. The van der Waals surface area contributed by atoms with Crippen LogP contribution in [0.3, 0.4) is 0 Å². The number of aliphatic hydroxyl groups is 7. The second-order valence-corrected chi connectivity index (χ2v) is 11.5. The molecule has 0 bridgehead atoms. The van der Waals surface area contributed by atoms with Gasteiger partial charge in [0.1, 0.15) is 0 Å². The van der Waals surface area contributed by atoms with Crippen LogP contribution in [-0.2, 0) is 4.79 Å². The molecule has 0 aliphatic carbocycles. The van der Waals surface area contributed by atoms with Gasteiger partial charge in [-0.25, -0.2) is 0 Å². The van der Waals surface area contributed by atoms with Crippen molar-refractivity contribution in [1.29, 1.82) is 0 Å². The number of rotatable bonds is 15. The number of benzene rings is 1. The largest absolute Gasteiger partial charge is 0.395 e. The normalized spacial score (nSPS) is 14.4. The van der Waals surface area contributed by atoms with Crippen LogP contribution in [0.2, 0.25) is 0 Å². The second kappa shape index (κ2) is 17.4. The Bertz CT molecular complexity index is 923. The van der Waals surface area contributed by atoms with Crippen molar-refractivity contribution in [3.05, 3.63) is 21.8 Å². The van der Waals surface area contributed by atoms with Crippen molar-refractivity contribution in [2.75, 3.05) is 44.4 Å². The van der Waals surface area contributed by atoms with Gasteiger partial charge >= 0.3 is 0 Å². The molecule has 0 aliphatic rings. The van der Waals surface area contributed by atoms with Gasteiger partial charge in [-0.05, 0) is 67.8 Å². The van der Waals surface area contributed by atoms with E-state index in [0.717, 1.165) is 0 Å².